The molecule has 1 aliphatic rings. The number of halogens is 3. The van der Waals surface area contributed by atoms with Gasteiger partial charge in [0.1, 0.15) is 6.61 Å². The molecule has 0 amide bonds. The maximum absolute atomic E-state index is 6.50. The van der Waals surface area contributed by atoms with Gasteiger partial charge < -0.3 is 14.8 Å². The minimum Gasteiger partial charge on any atom is -0.493 e. The largest absolute Gasteiger partial charge is 0.493 e. The molecule has 1 unspecified atom stereocenters. The Kier molecular flexibility index (Phi) is 8.34. The Morgan fingerprint density at radius 1 is 1.14 bits per heavy atom. The van der Waals surface area contributed by atoms with Crippen molar-refractivity contribution in [2.75, 3.05) is 26.7 Å². The topological polar surface area (TPSA) is 33.7 Å². The molecule has 0 radical (unpaired) electrons. The van der Waals surface area contributed by atoms with Crippen molar-refractivity contribution in [3.63, 3.8) is 0 Å². The summed E-state index contributed by atoms with van der Waals surface area (Å²) in [6.45, 7) is 6.51. The van der Waals surface area contributed by atoms with Gasteiger partial charge in [-0.05, 0) is 55.8 Å². The van der Waals surface area contributed by atoms with E-state index in [1.54, 1.807) is 19.2 Å². The molecule has 1 atom stereocenters. The summed E-state index contributed by atoms with van der Waals surface area (Å²) in [5.41, 5.74) is 1.89. The molecular formula is C22H27Cl3N2O2. The van der Waals surface area contributed by atoms with Crippen LogP contribution in [0.5, 0.6) is 11.5 Å². The van der Waals surface area contributed by atoms with Crippen molar-refractivity contribution in [1.29, 1.82) is 0 Å². The summed E-state index contributed by atoms with van der Waals surface area (Å²) in [5.74, 6) is 1.12. The molecule has 1 N–H and O–H groups in total. The second-order valence-corrected chi connectivity index (χ2v) is 8.44. The average molecular weight is 458 g/mol. The van der Waals surface area contributed by atoms with E-state index in [1.807, 2.05) is 18.2 Å². The lowest BCUT2D eigenvalue weighted by molar-refractivity contribution is 0.260. The van der Waals surface area contributed by atoms with Crippen LogP contribution in [0.1, 0.15) is 30.9 Å². The summed E-state index contributed by atoms with van der Waals surface area (Å²) in [7, 11) is 1.61. The number of hydrogen-bond donors (Lipinski definition) is 1. The van der Waals surface area contributed by atoms with Crippen molar-refractivity contribution in [3.05, 3.63) is 56.5 Å². The van der Waals surface area contributed by atoms with E-state index in [2.05, 4.69) is 17.1 Å². The zero-order valence-electron chi connectivity index (χ0n) is 16.8. The fourth-order valence-corrected chi connectivity index (χ4v) is 4.48. The Hall–Kier alpha value is -1.17. The van der Waals surface area contributed by atoms with Crippen LogP contribution >= 0.6 is 34.8 Å². The van der Waals surface area contributed by atoms with Crippen molar-refractivity contribution >= 4 is 34.8 Å². The van der Waals surface area contributed by atoms with E-state index in [0.29, 0.717) is 32.6 Å². The maximum atomic E-state index is 6.50. The Labute approximate surface area is 188 Å². The quantitative estimate of drug-likeness (QED) is 0.515. The number of benzene rings is 2. The van der Waals surface area contributed by atoms with E-state index in [-0.39, 0.29) is 6.61 Å². The number of hydrogen-bond acceptors (Lipinski definition) is 4. The first-order chi connectivity index (χ1) is 14.0. The van der Waals surface area contributed by atoms with Crippen molar-refractivity contribution in [1.82, 2.24) is 10.2 Å². The normalized spacial score (nSPS) is 16.9. The van der Waals surface area contributed by atoms with Crippen molar-refractivity contribution in [3.8, 4) is 11.5 Å². The van der Waals surface area contributed by atoms with Crippen molar-refractivity contribution < 1.29 is 9.47 Å². The van der Waals surface area contributed by atoms with E-state index < -0.39 is 0 Å². The third-order valence-electron chi connectivity index (χ3n) is 5.29. The summed E-state index contributed by atoms with van der Waals surface area (Å²) in [6, 6.07) is 9.81. The molecule has 1 aliphatic heterocycles. The van der Waals surface area contributed by atoms with Crippen molar-refractivity contribution in [2.45, 2.75) is 39.0 Å². The highest BCUT2D eigenvalue weighted by Gasteiger charge is 2.22. The van der Waals surface area contributed by atoms with E-state index in [0.717, 1.165) is 30.8 Å². The van der Waals surface area contributed by atoms with Gasteiger partial charge in [0.2, 0.25) is 0 Å². The Balaban J connectivity index is 1.62. The number of rotatable bonds is 9. The maximum Gasteiger partial charge on any atom is 0.180 e. The average Bonchev–Trinajstić information content (AvgIpc) is 3.15. The lowest BCUT2D eigenvalue weighted by atomic mass is 10.1. The molecule has 0 saturated carbocycles. The van der Waals surface area contributed by atoms with Gasteiger partial charge in [-0.2, -0.15) is 0 Å². The van der Waals surface area contributed by atoms with Crippen LogP contribution in [0.3, 0.4) is 0 Å². The summed E-state index contributed by atoms with van der Waals surface area (Å²) in [4.78, 5) is 2.53. The van der Waals surface area contributed by atoms with Gasteiger partial charge in [-0.15, -0.1) is 0 Å². The molecule has 2 aromatic carbocycles. The second-order valence-electron chi connectivity index (χ2n) is 7.19. The number of nitrogens with one attached hydrogen (secondary N) is 1. The highest BCUT2D eigenvalue weighted by Crippen LogP contribution is 2.37. The molecule has 0 aliphatic carbocycles. The van der Waals surface area contributed by atoms with Crippen LogP contribution in [-0.2, 0) is 13.2 Å². The zero-order chi connectivity index (χ0) is 20.8. The third kappa shape index (κ3) is 5.93. The van der Waals surface area contributed by atoms with E-state index in [4.69, 9.17) is 44.3 Å². The molecule has 158 valence electrons. The van der Waals surface area contributed by atoms with Crippen LogP contribution in [0.15, 0.2) is 30.3 Å². The minimum absolute atomic E-state index is 0.276. The molecule has 0 aromatic heterocycles. The third-order valence-corrected chi connectivity index (χ3v) is 6.16. The predicted molar refractivity (Wildman–Crippen MR) is 121 cm³/mol. The lowest BCUT2D eigenvalue weighted by Gasteiger charge is -2.23. The number of ether oxygens (including phenoxy) is 2. The van der Waals surface area contributed by atoms with Gasteiger partial charge in [-0.1, -0.05) is 47.8 Å². The summed E-state index contributed by atoms with van der Waals surface area (Å²) >= 11 is 18.7. The van der Waals surface area contributed by atoms with E-state index >= 15 is 0 Å². The molecule has 1 heterocycles. The molecule has 1 saturated heterocycles. The predicted octanol–water partition coefficient (Wildman–Crippen LogP) is 5.81. The Bertz CT molecular complexity index is 832. The van der Waals surface area contributed by atoms with Crippen LogP contribution < -0.4 is 14.8 Å². The fraction of sp³-hybridized carbons (Fsp3) is 0.455. The smallest absolute Gasteiger partial charge is 0.180 e. The Morgan fingerprint density at radius 3 is 2.69 bits per heavy atom. The number of likely N-dealkylation sites (tertiary alicyclic amines) is 1. The van der Waals surface area contributed by atoms with Crippen molar-refractivity contribution in [2.24, 2.45) is 0 Å². The molecule has 7 heteroatoms. The van der Waals surface area contributed by atoms with Gasteiger partial charge in [-0.25, -0.2) is 0 Å². The Morgan fingerprint density at radius 2 is 1.97 bits per heavy atom. The zero-order valence-corrected chi connectivity index (χ0v) is 19.1. The minimum atomic E-state index is 0.276. The molecule has 3 rings (SSSR count). The highest BCUT2D eigenvalue weighted by atomic mass is 35.5. The number of likely N-dealkylation sites (N-methyl/N-ethyl adjacent to an activating group) is 1. The van der Waals surface area contributed by atoms with Crippen LogP contribution in [0.4, 0.5) is 0 Å². The fourth-order valence-electron chi connectivity index (χ4n) is 3.73. The summed E-state index contributed by atoms with van der Waals surface area (Å²) in [5, 5.41) is 5.21. The van der Waals surface area contributed by atoms with Gasteiger partial charge in [0.05, 0.1) is 12.1 Å². The van der Waals surface area contributed by atoms with Gasteiger partial charge >= 0.3 is 0 Å². The standard InChI is InChI=1S/C22H27Cl3N2O2/c1-3-27-8-4-5-18(27)13-26-12-15-9-20(25)22(21(10-15)28-2)29-14-16-6-7-17(23)11-19(16)24/h6-7,9-11,18,26H,3-5,8,12-14H2,1-2H3. The first-order valence-electron chi connectivity index (χ1n) is 9.89. The second kappa shape index (κ2) is 10.7. The van der Waals surface area contributed by atoms with Crippen LogP contribution in [0.2, 0.25) is 15.1 Å². The monoisotopic (exact) mass is 456 g/mol. The van der Waals surface area contributed by atoms with Gasteiger partial charge in [0, 0.05) is 34.7 Å². The SMILES string of the molecule is CCN1CCCC1CNCc1cc(Cl)c(OCc2ccc(Cl)cc2Cl)c(OC)c1. The lowest BCUT2D eigenvalue weighted by Crippen LogP contribution is -2.37. The highest BCUT2D eigenvalue weighted by molar-refractivity contribution is 6.35. The summed E-state index contributed by atoms with van der Waals surface area (Å²) in [6.07, 6.45) is 2.54. The summed E-state index contributed by atoms with van der Waals surface area (Å²) < 4.78 is 11.4. The number of methoxy groups -OCH3 is 1. The molecular weight excluding hydrogens is 431 g/mol. The van der Waals surface area contributed by atoms with E-state index in [9.17, 15) is 0 Å². The molecule has 2 aromatic rings. The van der Waals surface area contributed by atoms with Gasteiger partial charge in [-0.3, -0.25) is 4.90 Å². The molecule has 0 bridgehead atoms. The molecule has 29 heavy (non-hydrogen) atoms. The first kappa shape index (κ1) is 22.5. The molecule has 4 nitrogen and oxygen atoms in total. The molecule has 0 spiro atoms. The molecule has 1 fully saturated rings. The van der Waals surface area contributed by atoms with Crippen LogP contribution in [-0.4, -0.2) is 37.7 Å². The van der Waals surface area contributed by atoms with Crippen LogP contribution in [0.25, 0.3) is 0 Å². The number of nitrogens with zero attached hydrogens (tertiary/aromatic N) is 1. The van der Waals surface area contributed by atoms with E-state index in [1.165, 1.54) is 19.4 Å². The first-order valence-corrected chi connectivity index (χ1v) is 11.0. The van der Waals surface area contributed by atoms with Crippen LogP contribution in [0, 0.1) is 0 Å². The van der Waals surface area contributed by atoms with Gasteiger partial charge in [0.15, 0.2) is 11.5 Å². The van der Waals surface area contributed by atoms with Gasteiger partial charge in [0.25, 0.3) is 0 Å².